The van der Waals surface area contributed by atoms with Crippen LogP contribution in [-0.4, -0.2) is 30.1 Å². The zero-order chi connectivity index (χ0) is 17.0. The van der Waals surface area contributed by atoms with Crippen molar-refractivity contribution in [2.24, 2.45) is 11.8 Å². The Bertz CT molecular complexity index is 670. The number of methoxy groups -OCH3 is 1. The Balaban J connectivity index is 2.26. The van der Waals surface area contributed by atoms with E-state index in [-0.39, 0.29) is 11.3 Å². The topological polar surface area (TPSA) is 92.7 Å². The van der Waals surface area contributed by atoms with E-state index in [1.54, 1.807) is 12.2 Å². The lowest BCUT2D eigenvalue weighted by Gasteiger charge is -2.24. The molecule has 2 N–H and O–H groups in total. The van der Waals surface area contributed by atoms with Gasteiger partial charge in [0.2, 0.25) is 5.91 Å². The van der Waals surface area contributed by atoms with E-state index in [0.717, 1.165) is 0 Å². The molecule has 0 saturated heterocycles. The lowest BCUT2D eigenvalue weighted by atomic mass is 9.82. The first kappa shape index (κ1) is 17.0. The number of halogens is 1. The van der Waals surface area contributed by atoms with Crippen molar-refractivity contribution in [3.8, 4) is 0 Å². The second-order valence-corrected chi connectivity index (χ2v) is 5.60. The molecule has 0 saturated carbocycles. The Hall–Kier alpha value is -2.34. The minimum atomic E-state index is -1.02. The molecule has 0 aliphatic heterocycles. The van der Waals surface area contributed by atoms with E-state index in [0.29, 0.717) is 17.9 Å². The number of carboxylic acids is 1. The number of benzene rings is 1. The molecule has 6 nitrogen and oxygen atoms in total. The summed E-state index contributed by atoms with van der Waals surface area (Å²) in [6.07, 6.45) is 4.16. The number of amides is 1. The summed E-state index contributed by atoms with van der Waals surface area (Å²) in [6, 6.07) is 4.38. The first-order chi connectivity index (χ1) is 10.9. The molecule has 1 aromatic rings. The van der Waals surface area contributed by atoms with Gasteiger partial charge >= 0.3 is 11.9 Å². The molecule has 0 bridgehead atoms. The molecule has 1 aliphatic carbocycles. The van der Waals surface area contributed by atoms with Gasteiger partial charge in [0.25, 0.3) is 0 Å². The van der Waals surface area contributed by atoms with Crippen molar-refractivity contribution in [2.75, 3.05) is 12.4 Å². The average Bonchev–Trinajstić information content (AvgIpc) is 2.54. The predicted octanol–water partition coefficient (Wildman–Crippen LogP) is 2.73. The van der Waals surface area contributed by atoms with Crippen LogP contribution >= 0.6 is 11.6 Å². The van der Waals surface area contributed by atoms with Crippen molar-refractivity contribution in [1.29, 1.82) is 0 Å². The first-order valence-corrected chi connectivity index (χ1v) is 7.38. The molecule has 1 aromatic carbocycles. The van der Waals surface area contributed by atoms with Crippen LogP contribution in [0.2, 0.25) is 5.02 Å². The highest BCUT2D eigenvalue weighted by Gasteiger charge is 2.34. The number of nitrogens with one attached hydrogen (secondary N) is 1. The van der Waals surface area contributed by atoms with E-state index in [1.165, 1.54) is 25.3 Å². The number of hydrogen-bond donors (Lipinski definition) is 2. The highest BCUT2D eigenvalue weighted by atomic mass is 35.5. The van der Waals surface area contributed by atoms with Gasteiger partial charge in [-0.2, -0.15) is 0 Å². The van der Waals surface area contributed by atoms with Gasteiger partial charge in [-0.15, -0.1) is 0 Å². The SMILES string of the molecule is COC(=O)c1ccc(Cl)cc1NC(=O)[C@@H]1CC=CC[C@H]1C(=O)O. The van der Waals surface area contributed by atoms with Gasteiger partial charge in [-0.05, 0) is 31.0 Å². The summed E-state index contributed by atoms with van der Waals surface area (Å²) in [5.41, 5.74) is 0.358. The van der Waals surface area contributed by atoms with Crippen LogP contribution in [-0.2, 0) is 14.3 Å². The van der Waals surface area contributed by atoms with Gasteiger partial charge < -0.3 is 15.2 Å². The molecule has 7 heteroatoms. The number of carbonyl (C=O) groups is 3. The van der Waals surface area contributed by atoms with E-state index in [9.17, 15) is 19.5 Å². The quantitative estimate of drug-likeness (QED) is 0.651. The van der Waals surface area contributed by atoms with E-state index in [4.69, 9.17) is 11.6 Å². The van der Waals surface area contributed by atoms with Gasteiger partial charge in [-0.3, -0.25) is 9.59 Å². The average molecular weight is 338 g/mol. The number of carbonyl (C=O) groups excluding carboxylic acids is 2. The van der Waals surface area contributed by atoms with Crippen LogP contribution in [0.4, 0.5) is 5.69 Å². The fourth-order valence-electron chi connectivity index (χ4n) is 2.51. The molecule has 0 aromatic heterocycles. The predicted molar refractivity (Wildman–Crippen MR) is 84.4 cm³/mol. The van der Waals surface area contributed by atoms with Crippen molar-refractivity contribution in [1.82, 2.24) is 0 Å². The summed E-state index contributed by atoms with van der Waals surface area (Å²) in [7, 11) is 1.23. The number of esters is 1. The Labute approximate surface area is 138 Å². The third-order valence-electron chi connectivity index (χ3n) is 3.73. The fourth-order valence-corrected chi connectivity index (χ4v) is 2.68. The van der Waals surface area contributed by atoms with Crippen molar-refractivity contribution < 1.29 is 24.2 Å². The van der Waals surface area contributed by atoms with Crippen LogP contribution < -0.4 is 5.32 Å². The number of aliphatic carboxylic acids is 1. The summed E-state index contributed by atoms with van der Waals surface area (Å²) >= 11 is 5.90. The second-order valence-electron chi connectivity index (χ2n) is 5.16. The summed E-state index contributed by atoms with van der Waals surface area (Å²) < 4.78 is 4.66. The molecule has 0 radical (unpaired) electrons. The number of anilines is 1. The van der Waals surface area contributed by atoms with Gasteiger partial charge in [0, 0.05) is 5.02 Å². The largest absolute Gasteiger partial charge is 0.481 e. The summed E-state index contributed by atoms with van der Waals surface area (Å²) in [6.45, 7) is 0. The molecule has 1 amide bonds. The van der Waals surface area contributed by atoms with E-state index < -0.39 is 29.7 Å². The maximum Gasteiger partial charge on any atom is 0.339 e. The molecule has 0 spiro atoms. The van der Waals surface area contributed by atoms with Crippen LogP contribution in [0.3, 0.4) is 0 Å². The standard InChI is InChI=1S/C16H16ClNO5/c1-23-16(22)12-7-6-9(17)8-13(12)18-14(19)10-4-2-3-5-11(10)15(20)21/h2-3,6-8,10-11H,4-5H2,1H3,(H,18,19)(H,20,21)/t10-,11-/m1/s1. The van der Waals surface area contributed by atoms with Crippen molar-refractivity contribution in [2.45, 2.75) is 12.8 Å². The van der Waals surface area contributed by atoms with Gasteiger partial charge in [0.15, 0.2) is 0 Å². The Morgan fingerprint density at radius 3 is 2.48 bits per heavy atom. The van der Waals surface area contributed by atoms with Crippen LogP contribution in [0, 0.1) is 11.8 Å². The highest BCUT2D eigenvalue weighted by molar-refractivity contribution is 6.31. The Morgan fingerprint density at radius 2 is 1.87 bits per heavy atom. The third kappa shape index (κ3) is 3.90. The normalized spacial score (nSPS) is 19.9. The van der Waals surface area contributed by atoms with Gasteiger partial charge in [0.1, 0.15) is 0 Å². The van der Waals surface area contributed by atoms with Gasteiger partial charge in [-0.25, -0.2) is 4.79 Å². The summed E-state index contributed by atoms with van der Waals surface area (Å²) in [5, 5.41) is 12.2. The molecule has 2 atom stereocenters. The van der Waals surface area contributed by atoms with E-state index in [2.05, 4.69) is 10.1 Å². The maximum atomic E-state index is 12.5. The number of hydrogen-bond acceptors (Lipinski definition) is 4. The molecule has 23 heavy (non-hydrogen) atoms. The number of allylic oxidation sites excluding steroid dienone is 2. The number of ether oxygens (including phenoxy) is 1. The summed E-state index contributed by atoms with van der Waals surface area (Å²) in [5.74, 6) is -3.60. The van der Waals surface area contributed by atoms with Crippen molar-refractivity contribution >= 4 is 35.1 Å². The minimum Gasteiger partial charge on any atom is -0.481 e. The number of rotatable bonds is 4. The molecule has 2 rings (SSSR count). The van der Waals surface area contributed by atoms with Crippen LogP contribution in [0.5, 0.6) is 0 Å². The fraction of sp³-hybridized carbons (Fsp3) is 0.312. The minimum absolute atomic E-state index is 0.156. The lowest BCUT2D eigenvalue weighted by Crippen LogP contribution is -2.35. The van der Waals surface area contributed by atoms with Crippen molar-refractivity contribution in [3.63, 3.8) is 0 Å². The third-order valence-corrected chi connectivity index (χ3v) is 3.97. The summed E-state index contributed by atoms with van der Waals surface area (Å²) in [4.78, 5) is 35.5. The molecule has 0 fully saturated rings. The molecule has 0 heterocycles. The Morgan fingerprint density at radius 1 is 1.22 bits per heavy atom. The number of carboxylic acid groups (broad SMARTS) is 1. The smallest absolute Gasteiger partial charge is 0.339 e. The molecule has 1 aliphatic rings. The maximum absolute atomic E-state index is 12.5. The van der Waals surface area contributed by atoms with E-state index >= 15 is 0 Å². The monoisotopic (exact) mass is 337 g/mol. The molecule has 0 unspecified atom stereocenters. The first-order valence-electron chi connectivity index (χ1n) is 7.00. The zero-order valence-corrected chi connectivity index (χ0v) is 13.2. The molecular weight excluding hydrogens is 322 g/mol. The van der Waals surface area contributed by atoms with Gasteiger partial charge in [-0.1, -0.05) is 23.8 Å². The van der Waals surface area contributed by atoms with Gasteiger partial charge in [0.05, 0.1) is 30.2 Å². The van der Waals surface area contributed by atoms with E-state index in [1.807, 2.05) is 0 Å². The zero-order valence-electron chi connectivity index (χ0n) is 12.4. The van der Waals surface area contributed by atoms with Crippen LogP contribution in [0.25, 0.3) is 0 Å². The van der Waals surface area contributed by atoms with Crippen molar-refractivity contribution in [3.05, 3.63) is 40.9 Å². The molecular formula is C16H16ClNO5. The van der Waals surface area contributed by atoms with Crippen LogP contribution in [0.1, 0.15) is 23.2 Å². The molecule has 122 valence electrons. The lowest BCUT2D eigenvalue weighted by molar-refractivity contribution is -0.146. The van der Waals surface area contributed by atoms with Crippen LogP contribution in [0.15, 0.2) is 30.4 Å². The highest BCUT2D eigenvalue weighted by Crippen LogP contribution is 2.29. The Kier molecular flexibility index (Phi) is 5.39. The second kappa shape index (κ2) is 7.28.